The van der Waals surface area contributed by atoms with Crippen molar-refractivity contribution in [1.29, 1.82) is 0 Å². The number of fused-ring (bicyclic) bond motifs is 2. The second kappa shape index (κ2) is 2.76. The minimum atomic E-state index is 0.801. The Hall–Kier alpha value is -0.0800. The van der Waals surface area contributed by atoms with Crippen molar-refractivity contribution in [3.05, 3.63) is 0 Å². The van der Waals surface area contributed by atoms with Gasteiger partial charge in [-0.1, -0.05) is 6.92 Å². The van der Waals surface area contributed by atoms with Crippen LogP contribution in [0.25, 0.3) is 0 Å². The number of nitrogens with one attached hydrogen (secondary N) is 1. The van der Waals surface area contributed by atoms with Crippen molar-refractivity contribution in [3.63, 3.8) is 0 Å². The van der Waals surface area contributed by atoms with Gasteiger partial charge in [0.05, 0.1) is 0 Å². The first kappa shape index (κ1) is 7.56. The van der Waals surface area contributed by atoms with Gasteiger partial charge in [0.25, 0.3) is 0 Å². The highest BCUT2D eigenvalue weighted by molar-refractivity contribution is 5.02. The molecular formula is C9H18N2. The Morgan fingerprint density at radius 2 is 2.27 bits per heavy atom. The summed E-state index contributed by atoms with van der Waals surface area (Å²) < 4.78 is 0. The van der Waals surface area contributed by atoms with Gasteiger partial charge in [0.15, 0.2) is 0 Å². The molecule has 3 atom stereocenters. The summed E-state index contributed by atoms with van der Waals surface area (Å²) in [5.74, 6) is 0.949. The maximum atomic E-state index is 3.45. The molecule has 0 amide bonds. The fraction of sp³-hybridized carbons (Fsp3) is 1.00. The number of hydrogen-bond donors (Lipinski definition) is 1. The fourth-order valence-electron chi connectivity index (χ4n) is 2.90. The molecule has 64 valence electrons. The highest BCUT2D eigenvalue weighted by Crippen LogP contribution is 2.37. The SMILES string of the molecule is CCN1CC2CCC1C2NC. The lowest BCUT2D eigenvalue weighted by Crippen LogP contribution is -2.38. The second-order valence-corrected chi connectivity index (χ2v) is 3.81. The molecule has 11 heavy (non-hydrogen) atoms. The van der Waals surface area contributed by atoms with Gasteiger partial charge in [0, 0.05) is 18.6 Å². The van der Waals surface area contributed by atoms with Gasteiger partial charge >= 0.3 is 0 Å². The van der Waals surface area contributed by atoms with Gasteiger partial charge in [-0.25, -0.2) is 0 Å². The Balaban J connectivity index is 2.06. The molecule has 3 unspecified atom stereocenters. The fourth-order valence-corrected chi connectivity index (χ4v) is 2.90. The van der Waals surface area contributed by atoms with E-state index in [0.29, 0.717) is 0 Å². The summed E-state index contributed by atoms with van der Waals surface area (Å²) in [6, 6.07) is 1.66. The maximum Gasteiger partial charge on any atom is 0.0260 e. The first-order chi connectivity index (χ1) is 5.36. The largest absolute Gasteiger partial charge is 0.315 e. The molecule has 0 spiro atoms. The highest BCUT2D eigenvalue weighted by atomic mass is 15.2. The molecule has 0 aromatic carbocycles. The Labute approximate surface area is 69.0 Å². The third-order valence-corrected chi connectivity index (χ3v) is 3.43. The van der Waals surface area contributed by atoms with Gasteiger partial charge in [0.1, 0.15) is 0 Å². The molecular weight excluding hydrogens is 136 g/mol. The summed E-state index contributed by atoms with van der Waals surface area (Å²) in [6.45, 7) is 4.85. The van der Waals surface area contributed by atoms with E-state index in [9.17, 15) is 0 Å². The molecule has 0 radical (unpaired) electrons. The predicted molar refractivity (Wildman–Crippen MR) is 46.6 cm³/mol. The van der Waals surface area contributed by atoms with Gasteiger partial charge in [-0.2, -0.15) is 0 Å². The van der Waals surface area contributed by atoms with Crippen LogP contribution >= 0.6 is 0 Å². The molecule has 0 aromatic heterocycles. The van der Waals surface area contributed by atoms with Crippen LogP contribution in [0.3, 0.4) is 0 Å². The van der Waals surface area contributed by atoms with Crippen molar-refractivity contribution in [3.8, 4) is 0 Å². The van der Waals surface area contributed by atoms with Gasteiger partial charge in [-0.05, 0) is 32.4 Å². The summed E-state index contributed by atoms with van der Waals surface area (Å²) in [7, 11) is 2.11. The maximum absolute atomic E-state index is 3.45. The summed E-state index contributed by atoms with van der Waals surface area (Å²) in [4.78, 5) is 2.62. The first-order valence-electron chi connectivity index (χ1n) is 4.78. The molecule has 2 rings (SSSR count). The molecule has 1 heterocycles. The standard InChI is InChI=1S/C9H18N2/c1-3-11-6-7-4-5-8(11)9(7)10-2/h7-10H,3-6H2,1-2H3. The zero-order valence-corrected chi connectivity index (χ0v) is 7.51. The molecule has 1 saturated carbocycles. The molecule has 1 N–H and O–H groups in total. The summed E-state index contributed by atoms with van der Waals surface area (Å²) in [5, 5.41) is 3.45. The van der Waals surface area contributed by atoms with E-state index in [1.54, 1.807) is 0 Å². The molecule has 2 bridgehead atoms. The minimum Gasteiger partial charge on any atom is -0.315 e. The number of likely N-dealkylation sites (tertiary alicyclic amines) is 1. The van der Waals surface area contributed by atoms with E-state index in [-0.39, 0.29) is 0 Å². The quantitative estimate of drug-likeness (QED) is 0.629. The summed E-state index contributed by atoms with van der Waals surface area (Å²) in [6.07, 6.45) is 2.87. The molecule has 1 aliphatic carbocycles. The zero-order valence-electron chi connectivity index (χ0n) is 7.51. The predicted octanol–water partition coefficient (Wildman–Crippen LogP) is 0.688. The van der Waals surface area contributed by atoms with Crippen LogP contribution in [0.2, 0.25) is 0 Å². The van der Waals surface area contributed by atoms with Crippen LogP contribution in [0.4, 0.5) is 0 Å². The monoisotopic (exact) mass is 154 g/mol. The number of piperidine rings is 1. The van der Waals surface area contributed by atoms with Crippen molar-refractivity contribution in [2.75, 3.05) is 20.1 Å². The molecule has 2 heteroatoms. The lowest BCUT2D eigenvalue weighted by molar-refractivity contribution is 0.220. The molecule has 2 fully saturated rings. The van der Waals surface area contributed by atoms with Gasteiger partial charge in [-0.3, -0.25) is 4.90 Å². The zero-order chi connectivity index (χ0) is 7.84. The lowest BCUT2D eigenvalue weighted by Gasteiger charge is -2.25. The first-order valence-corrected chi connectivity index (χ1v) is 4.78. The van der Waals surface area contributed by atoms with Crippen molar-refractivity contribution in [2.45, 2.75) is 31.8 Å². The van der Waals surface area contributed by atoms with Crippen LogP contribution in [0.1, 0.15) is 19.8 Å². The summed E-state index contributed by atoms with van der Waals surface area (Å²) in [5.41, 5.74) is 0. The van der Waals surface area contributed by atoms with Crippen molar-refractivity contribution < 1.29 is 0 Å². The van der Waals surface area contributed by atoms with Crippen LogP contribution in [0.15, 0.2) is 0 Å². The molecule has 1 aliphatic heterocycles. The third kappa shape index (κ3) is 1.00. The normalized spacial score (nSPS) is 43.6. The van der Waals surface area contributed by atoms with Crippen LogP contribution < -0.4 is 5.32 Å². The molecule has 2 nitrogen and oxygen atoms in total. The average molecular weight is 154 g/mol. The highest BCUT2D eigenvalue weighted by Gasteiger charge is 2.44. The van der Waals surface area contributed by atoms with Gasteiger partial charge < -0.3 is 5.32 Å². The van der Waals surface area contributed by atoms with Crippen molar-refractivity contribution in [2.24, 2.45) is 5.92 Å². The topological polar surface area (TPSA) is 15.3 Å². The molecule has 1 saturated heterocycles. The molecule has 2 aliphatic rings. The number of rotatable bonds is 2. The van der Waals surface area contributed by atoms with Crippen LogP contribution in [-0.4, -0.2) is 37.1 Å². The Morgan fingerprint density at radius 1 is 1.45 bits per heavy atom. The van der Waals surface area contributed by atoms with E-state index in [1.165, 1.54) is 25.9 Å². The van der Waals surface area contributed by atoms with E-state index in [4.69, 9.17) is 0 Å². The minimum absolute atomic E-state index is 0.801. The average Bonchev–Trinajstić information content (AvgIpc) is 2.59. The van der Waals surface area contributed by atoms with Crippen molar-refractivity contribution in [1.82, 2.24) is 10.2 Å². The van der Waals surface area contributed by atoms with Gasteiger partial charge in [-0.15, -0.1) is 0 Å². The smallest absolute Gasteiger partial charge is 0.0260 e. The van der Waals surface area contributed by atoms with E-state index >= 15 is 0 Å². The Kier molecular flexibility index (Phi) is 1.90. The van der Waals surface area contributed by atoms with Crippen molar-refractivity contribution >= 4 is 0 Å². The molecule has 0 aromatic rings. The lowest BCUT2D eigenvalue weighted by atomic mass is 10.1. The second-order valence-electron chi connectivity index (χ2n) is 3.81. The Bertz CT molecular complexity index is 146. The van der Waals surface area contributed by atoms with E-state index < -0.39 is 0 Å². The van der Waals surface area contributed by atoms with Crippen LogP contribution in [0.5, 0.6) is 0 Å². The van der Waals surface area contributed by atoms with E-state index in [1.807, 2.05) is 0 Å². The summed E-state index contributed by atoms with van der Waals surface area (Å²) >= 11 is 0. The number of nitrogens with zero attached hydrogens (tertiary/aromatic N) is 1. The van der Waals surface area contributed by atoms with Crippen LogP contribution in [-0.2, 0) is 0 Å². The third-order valence-electron chi connectivity index (χ3n) is 3.43. The van der Waals surface area contributed by atoms with Gasteiger partial charge in [0.2, 0.25) is 0 Å². The van der Waals surface area contributed by atoms with E-state index in [0.717, 1.165) is 18.0 Å². The van der Waals surface area contributed by atoms with E-state index in [2.05, 4.69) is 24.2 Å². The van der Waals surface area contributed by atoms with Crippen LogP contribution in [0, 0.1) is 5.92 Å². The Morgan fingerprint density at radius 3 is 2.73 bits per heavy atom. The number of likely N-dealkylation sites (N-methyl/N-ethyl adjacent to an activating group) is 2. The number of hydrogen-bond acceptors (Lipinski definition) is 2.